The van der Waals surface area contributed by atoms with Gasteiger partial charge in [0.2, 0.25) is 0 Å². The SMILES string of the molecule is C=CCC[C@H]1CC(CC)=C(CC)[C@H]1CCC=C. The van der Waals surface area contributed by atoms with Crippen LogP contribution in [0.1, 0.15) is 58.8 Å². The third kappa shape index (κ3) is 3.59. The maximum Gasteiger partial charge on any atom is -0.0166 e. The van der Waals surface area contributed by atoms with E-state index in [4.69, 9.17) is 0 Å². The van der Waals surface area contributed by atoms with Crippen LogP contribution in [0.4, 0.5) is 0 Å². The van der Waals surface area contributed by atoms with Crippen LogP contribution in [0.25, 0.3) is 0 Å². The summed E-state index contributed by atoms with van der Waals surface area (Å²) in [5.74, 6) is 1.70. The van der Waals surface area contributed by atoms with E-state index < -0.39 is 0 Å². The fourth-order valence-electron chi connectivity index (χ4n) is 3.36. The summed E-state index contributed by atoms with van der Waals surface area (Å²) in [7, 11) is 0. The minimum Gasteiger partial charge on any atom is -0.103 e. The predicted octanol–water partition coefficient (Wildman–Crippen LogP) is 5.67. The molecule has 0 nitrogen and oxygen atoms in total. The highest BCUT2D eigenvalue weighted by Gasteiger charge is 2.31. The van der Waals surface area contributed by atoms with Crippen molar-refractivity contribution in [3.63, 3.8) is 0 Å². The number of hydrogen-bond acceptors (Lipinski definition) is 0. The van der Waals surface area contributed by atoms with Crippen molar-refractivity contribution in [3.05, 3.63) is 36.5 Å². The lowest BCUT2D eigenvalue weighted by atomic mass is 9.83. The van der Waals surface area contributed by atoms with Gasteiger partial charge in [0.15, 0.2) is 0 Å². The molecule has 0 saturated carbocycles. The minimum atomic E-state index is 0.827. The zero-order valence-electron chi connectivity index (χ0n) is 11.7. The largest absolute Gasteiger partial charge is 0.103 e. The van der Waals surface area contributed by atoms with E-state index in [9.17, 15) is 0 Å². The molecule has 0 N–H and O–H groups in total. The summed E-state index contributed by atoms with van der Waals surface area (Å²) in [6, 6.07) is 0. The molecule has 17 heavy (non-hydrogen) atoms. The molecule has 0 bridgehead atoms. The molecule has 1 aliphatic carbocycles. The molecule has 0 heterocycles. The third-order valence-electron chi connectivity index (χ3n) is 4.21. The molecule has 0 aromatic heterocycles. The Morgan fingerprint density at radius 1 is 1.06 bits per heavy atom. The van der Waals surface area contributed by atoms with Gasteiger partial charge < -0.3 is 0 Å². The van der Waals surface area contributed by atoms with Gasteiger partial charge in [0.05, 0.1) is 0 Å². The van der Waals surface area contributed by atoms with Crippen LogP contribution in [-0.4, -0.2) is 0 Å². The average molecular weight is 232 g/mol. The standard InChI is InChI=1S/C17H28/c1-5-9-11-15-13-14(7-3)16(8-4)17(15)12-10-6-2/h5-6,15,17H,1-2,7-13H2,3-4H3/t15-,17-/m0/s1. The fraction of sp³-hybridized carbons (Fsp3) is 0.647. The van der Waals surface area contributed by atoms with Gasteiger partial charge in [0.25, 0.3) is 0 Å². The lowest BCUT2D eigenvalue weighted by molar-refractivity contribution is 0.363. The summed E-state index contributed by atoms with van der Waals surface area (Å²) in [6.45, 7) is 12.4. The highest BCUT2D eigenvalue weighted by Crippen LogP contribution is 2.44. The Morgan fingerprint density at radius 3 is 2.24 bits per heavy atom. The summed E-state index contributed by atoms with van der Waals surface area (Å²) in [6.07, 6.45) is 12.9. The van der Waals surface area contributed by atoms with Crippen molar-refractivity contribution >= 4 is 0 Å². The molecule has 0 aromatic carbocycles. The van der Waals surface area contributed by atoms with Crippen LogP contribution in [0, 0.1) is 11.8 Å². The molecule has 0 spiro atoms. The van der Waals surface area contributed by atoms with Gasteiger partial charge in [0, 0.05) is 0 Å². The topological polar surface area (TPSA) is 0 Å². The molecule has 1 rings (SSSR count). The maximum atomic E-state index is 3.87. The Hall–Kier alpha value is -0.780. The van der Waals surface area contributed by atoms with Crippen LogP contribution in [0.3, 0.4) is 0 Å². The van der Waals surface area contributed by atoms with Crippen molar-refractivity contribution in [2.24, 2.45) is 11.8 Å². The second-order valence-corrected chi connectivity index (χ2v) is 5.14. The Balaban J connectivity index is 2.73. The predicted molar refractivity (Wildman–Crippen MR) is 78.1 cm³/mol. The Bertz CT molecular complexity index is 282. The van der Waals surface area contributed by atoms with Crippen LogP contribution in [0.2, 0.25) is 0 Å². The van der Waals surface area contributed by atoms with E-state index in [0.717, 1.165) is 18.3 Å². The van der Waals surface area contributed by atoms with Crippen molar-refractivity contribution < 1.29 is 0 Å². The first kappa shape index (κ1) is 14.3. The zero-order valence-corrected chi connectivity index (χ0v) is 11.7. The summed E-state index contributed by atoms with van der Waals surface area (Å²) < 4.78 is 0. The van der Waals surface area contributed by atoms with Crippen molar-refractivity contribution in [1.29, 1.82) is 0 Å². The molecule has 0 fully saturated rings. The van der Waals surface area contributed by atoms with Gasteiger partial charge in [0.1, 0.15) is 0 Å². The Kier molecular flexibility index (Phi) is 6.32. The minimum absolute atomic E-state index is 0.827. The maximum absolute atomic E-state index is 3.87. The molecular formula is C17H28. The van der Waals surface area contributed by atoms with Gasteiger partial charge in [-0.15, -0.1) is 13.2 Å². The summed E-state index contributed by atoms with van der Waals surface area (Å²) in [5.41, 5.74) is 3.51. The van der Waals surface area contributed by atoms with Crippen LogP contribution < -0.4 is 0 Å². The first-order chi connectivity index (χ1) is 8.28. The first-order valence-corrected chi connectivity index (χ1v) is 7.20. The van der Waals surface area contributed by atoms with E-state index in [1.165, 1.54) is 38.5 Å². The second-order valence-electron chi connectivity index (χ2n) is 5.14. The first-order valence-electron chi connectivity index (χ1n) is 7.20. The van der Waals surface area contributed by atoms with E-state index in [1.807, 2.05) is 0 Å². The van der Waals surface area contributed by atoms with Crippen LogP contribution in [0.15, 0.2) is 36.5 Å². The Morgan fingerprint density at radius 2 is 1.71 bits per heavy atom. The monoisotopic (exact) mass is 232 g/mol. The normalized spacial score (nSPS) is 24.1. The van der Waals surface area contributed by atoms with E-state index in [1.54, 1.807) is 11.1 Å². The summed E-state index contributed by atoms with van der Waals surface area (Å²) >= 11 is 0. The number of rotatable bonds is 8. The van der Waals surface area contributed by atoms with Gasteiger partial charge in [-0.3, -0.25) is 0 Å². The highest BCUT2D eigenvalue weighted by atomic mass is 14.4. The van der Waals surface area contributed by atoms with Gasteiger partial charge in [-0.2, -0.15) is 0 Å². The van der Waals surface area contributed by atoms with Crippen molar-refractivity contribution in [2.45, 2.75) is 58.8 Å². The molecule has 0 aromatic rings. The van der Waals surface area contributed by atoms with Gasteiger partial charge in [-0.05, 0) is 56.8 Å². The van der Waals surface area contributed by atoms with E-state index in [0.29, 0.717) is 0 Å². The average Bonchev–Trinajstić information content (AvgIpc) is 2.70. The molecule has 0 aliphatic heterocycles. The third-order valence-corrected chi connectivity index (χ3v) is 4.21. The molecular weight excluding hydrogens is 204 g/mol. The Labute approximate surface area is 108 Å². The molecule has 0 radical (unpaired) electrons. The number of allylic oxidation sites excluding steroid dienone is 4. The fourth-order valence-corrected chi connectivity index (χ4v) is 3.36. The van der Waals surface area contributed by atoms with Crippen LogP contribution >= 0.6 is 0 Å². The van der Waals surface area contributed by atoms with E-state index >= 15 is 0 Å². The second kappa shape index (κ2) is 7.53. The molecule has 1 aliphatic rings. The van der Waals surface area contributed by atoms with Gasteiger partial charge in [-0.25, -0.2) is 0 Å². The summed E-state index contributed by atoms with van der Waals surface area (Å²) in [4.78, 5) is 0. The number of hydrogen-bond donors (Lipinski definition) is 0. The highest BCUT2D eigenvalue weighted by molar-refractivity contribution is 5.24. The zero-order chi connectivity index (χ0) is 12.7. The quantitative estimate of drug-likeness (QED) is 0.473. The molecule has 96 valence electrons. The van der Waals surface area contributed by atoms with Crippen LogP contribution in [-0.2, 0) is 0 Å². The lowest BCUT2D eigenvalue weighted by Gasteiger charge is -2.21. The molecule has 2 atom stereocenters. The van der Waals surface area contributed by atoms with Crippen molar-refractivity contribution in [1.82, 2.24) is 0 Å². The van der Waals surface area contributed by atoms with E-state index in [2.05, 4.69) is 39.2 Å². The lowest BCUT2D eigenvalue weighted by Crippen LogP contribution is -2.11. The van der Waals surface area contributed by atoms with Crippen molar-refractivity contribution in [2.75, 3.05) is 0 Å². The van der Waals surface area contributed by atoms with Gasteiger partial charge in [-0.1, -0.05) is 37.1 Å². The molecule has 0 unspecified atom stereocenters. The molecule has 0 heteroatoms. The van der Waals surface area contributed by atoms with Crippen molar-refractivity contribution in [3.8, 4) is 0 Å². The van der Waals surface area contributed by atoms with E-state index in [-0.39, 0.29) is 0 Å². The van der Waals surface area contributed by atoms with Crippen LogP contribution in [0.5, 0.6) is 0 Å². The smallest absolute Gasteiger partial charge is 0.0166 e. The summed E-state index contributed by atoms with van der Waals surface area (Å²) in [5, 5.41) is 0. The molecule has 0 amide bonds. The van der Waals surface area contributed by atoms with Gasteiger partial charge >= 0.3 is 0 Å². The molecule has 0 saturated heterocycles.